The lowest BCUT2D eigenvalue weighted by molar-refractivity contribution is 1.16. The first-order valence-corrected chi connectivity index (χ1v) is 4.93. The maximum absolute atomic E-state index is 5.79. The molecule has 0 fully saturated rings. The minimum atomic E-state index is 0.152. The predicted molar refractivity (Wildman–Crippen MR) is 56.4 cm³/mol. The van der Waals surface area contributed by atoms with Crippen LogP contribution < -0.4 is 0 Å². The number of halogens is 3. The summed E-state index contributed by atoms with van der Waals surface area (Å²) in [5.41, 5.74) is 0.746. The van der Waals surface area contributed by atoms with Gasteiger partial charge >= 0.3 is 0 Å². The second-order valence-electron chi connectivity index (χ2n) is 2.27. The molecule has 0 unspecified atom stereocenters. The Morgan fingerprint density at radius 1 is 1.38 bits per heavy atom. The highest BCUT2D eigenvalue weighted by atomic mass is 35.5. The summed E-state index contributed by atoms with van der Waals surface area (Å²) < 4.78 is 0. The van der Waals surface area contributed by atoms with Crippen molar-refractivity contribution in [2.75, 3.05) is 5.88 Å². The average molecular weight is 238 g/mol. The molecule has 1 heterocycles. The molecule has 1 aromatic rings. The van der Waals surface area contributed by atoms with E-state index in [9.17, 15) is 0 Å². The second-order valence-corrected chi connectivity index (χ2v) is 3.34. The molecule has 70 valence electrons. The first-order valence-electron chi connectivity index (χ1n) is 3.64. The molecule has 1 rings (SSSR count). The van der Waals surface area contributed by atoms with Crippen molar-refractivity contribution in [1.82, 2.24) is 9.97 Å². The fourth-order valence-corrected chi connectivity index (χ4v) is 1.23. The van der Waals surface area contributed by atoms with Gasteiger partial charge in [-0.2, -0.15) is 0 Å². The molecular weight excluding hydrogens is 230 g/mol. The van der Waals surface area contributed by atoms with Gasteiger partial charge in [-0.05, 0) is 18.0 Å². The monoisotopic (exact) mass is 236 g/mol. The fraction of sp³-hybridized carbons (Fsp3) is 0.250. The summed E-state index contributed by atoms with van der Waals surface area (Å²) >= 11 is 16.8. The van der Waals surface area contributed by atoms with Crippen molar-refractivity contribution in [3.8, 4) is 0 Å². The van der Waals surface area contributed by atoms with E-state index in [-0.39, 0.29) is 5.28 Å². The Labute approximate surface area is 91.6 Å². The van der Waals surface area contributed by atoms with Gasteiger partial charge in [-0.3, -0.25) is 0 Å². The topological polar surface area (TPSA) is 25.8 Å². The van der Waals surface area contributed by atoms with E-state index in [0.29, 0.717) is 11.0 Å². The first kappa shape index (κ1) is 10.8. The first-order chi connectivity index (χ1) is 6.24. The Morgan fingerprint density at radius 2 is 2.15 bits per heavy atom. The molecule has 5 heteroatoms. The summed E-state index contributed by atoms with van der Waals surface area (Å²) in [6.07, 6.45) is 6.09. The Bertz CT molecular complexity index is 312. The van der Waals surface area contributed by atoms with E-state index in [1.165, 1.54) is 0 Å². The van der Waals surface area contributed by atoms with Gasteiger partial charge < -0.3 is 0 Å². The molecule has 13 heavy (non-hydrogen) atoms. The summed E-state index contributed by atoms with van der Waals surface area (Å²) in [5.74, 6) is 0.586. The number of alkyl halides is 1. The van der Waals surface area contributed by atoms with Crippen LogP contribution in [-0.2, 0) is 0 Å². The minimum Gasteiger partial charge on any atom is -0.226 e. The molecule has 0 radical (unpaired) electrons. The zero-order valence-electron chi connectivity index (χ0n) is 6.67. The molecule has 0 atom stereocenters. The van der Waals surface area contributed by atoms with E-state index in [2.05, 4.69) is 9.97 Å². The fourth-order valence-electron chi connectivity index (χ4n) is 0.736. The van der Waals surface area contributed by atoms with Crippen molar-refractivity contribution in [2.45, 2.75) is 6.42 Å². The van der Waals surface area contributed by atoms with Crippen LogP contribution in [0.3, 0.4) is 0 Å². The van der Waals surface area contributed by atoms with Gasteiger partial charge in [-0.1, -0.05) is 23.8 Å². The maximum atomic E-state index is 5.79. The van der Waals surface area contributed by atoms with Crippen LogP contribution in [0.15, 0.2) is 12.3 Å². The van der Waals surface area contributed by atoms with Gasteiger partial charge in [0.2, 0.25) is 5.28 Å². The van der Waals surface area contributed by atoms with Crippen molar-refractivity contribution >= 4 is 40.9 Å². The third-order valence-electron chi connectivity index (χ3n) is 1.31. The molecule has 0 spiro atoms. The van der Waals surface area contributed by atoms with Crippen LogP contribution in [0.2, 0.25) is 10.4 Å². The lowest BCUT2D eigenvalue weighted by Gasteiger charge is -1.95. The third-order valence-corrected chi connectivity index (χ3v) is 2.02. The highest BCUT2D eigenvalue weighted by Gasteiger charge is 1.99. The highest BCUT2D eigenvalue weighted by Crippen LogP contribution is 2.15. The Balaban J connectivity index is 2.77. The molecule has 0 saturated carbocycles. The lowest BCUT2D eigenvalue weighted by atomic mass is 10.3. The van der Waals surface area contributed by atoms with Gasteiger partial charge in [0.05, 0.1) is 0 Å². The van der Waals surface area contributed by atoms with E-state index in [1.807, 2.05) is 12.2 Å². The number of allylic oxidation sites excluding steroid dienone is 1. The highest BCUT2D eigenvalue weighted by molar-refractivity contribution is 6.32. The van der Waals surface area contributed by atoms with Crippen LogP contribution >= 0.6 is 34.8 Å². The number of rotatable bonds is 3. The van der Waals surface area contributed by atoms with Crippen molar-refractivity contribution < 1.29 is 0 Å². The van der Waals surface area contributed by atoms with Crippen molar-refractivity contribution in [2.24, 2.45) is 0 Å². The molecule has 2 nitrogen and oxygen atoms in total. The molecule has 0 bridgehead atoms. The van der Waals surface area contributed by atoms with Gasteiger partial charge in [0.25, 0.3) is 0 Å². The zero-order valence-corrected chi connectivity index (χ0v) is 8.94. The summed E-state index contributed by atoms with van der Waals surface area (Å²) in [6.45, 7) is 0. The normalized spacial score (nSPS) is 11.0. The summed E-state index contributed by atoms with van der Waals surface area (Å²) in [6, 6.07) is 0. The van der Waals surface area contributed by atoms with Crippen molar-refractivity contribution in [1.29, 1.82) is 0 Å². The quantitative estimate of drug-likeness (QED) is 0.457. The molecular formula is C8H7Cl3N2. The SMILES string of the molecule is ClCCC=Cc1cnc(Cl)nc1Cl. The zero-order chi connectivity index (χ0) is 9.68. The molecule has 0 N–H and O–H groups in total. The molecule has 0 aliphatic rings. The van der Waals surface area contributed by atoms with Gasteiger partial charge in [-0.15, -0.1) is 11.6 Å². The molecule has 0 aliphatic carbocycles. The van der Waals surface area contributed by atoms with E-state index >= 15 is 0 Å². The smallest absolute Gasteiger partial charge is 0.223 e. The van der Waals surface area contributed by atoms with E-state index in [4.69, 9.17) is 34.8 Å². The largest absolute Gasteiger partial charge is 0.226 e. The standard InChI is InChI=1S/C8H7Cl3N2/c9-4-2-1-3-6-5-12-8(11)13-7(6)10/h1,3,5H,2,4H2. The van der Waals surface area contributed by atoms with Crippen LogP contribution in [0.5, 0.6) is 0 Å². The second kappa shape index (κ2) is 5.43. The molecule has 1 aromatic heterocycles. The lowest BCUT2D eigenvalue weighted by Crippen LogP contribution is -1.85. The number of aromatic nitrogens is 2. The van der Waals surface area contributed by atoms with Crippen LogP contribution in [0.4, 0.5) is 0 Å². The van der Waals surface area contributed by atoms with Crippen LogP contribution in [0, 0.1) is 0 Å². The Hall–Kier alpha value is -0.310. The molecule has 0 aliphatic heterocycles. The van der Waals surface area contributed by atoms with E-state index in [1.54, 1.807) is 6.20 Å². The Morgan fingerprint density at radius 3 is 2.77 bits per heavy atom. The van der Waals surface area contributed by atoms with Gasteiger partial charge in [-0.25, -0.2) is 9.97 Å². The van der Waals surface area contributed by atoms with Gasteiger partial charge in [0, 0.05) is 17.6 Å². The molecule has 0 amide bonds. The Kier molecular flexibility index (Phi) is 4.50. The van der Waals surface area contributed by atoms with Crippen LogP contribution in [-0.4, -0.2) is 15.8 Å². The third kappa shape index (κ3) is 3.51. The predicted octanol–water partition coefficient (Wildman–Crippen LogP) is 3.43. The van der Waals surface area contributed by atoms with Crippen molar-refractivity contribution in [3.63, 3.8) is 0 Å². The van der Waals surface area contributed by atoms with E-state index in [0.717, 1.165) is 12.0 Å². The van der Waals surface area contributed by atoms with E-state index < -0.39 is 0 Å². The van der Waals surface area contributed by atoms with Crippen molar-refractivity contribution in [3.05, 3.63) is 28.3 Å². The van der Waals surface area contributed by atoms with Crippen LogP contribution in [0.1, 0.15) is 12.0 Å². The average Bonchev–Trinajstić information content (AvgIpc) is 2.09. The molecule has 0 aromatic carbocycles. The van der Waals surface area contributed by atoms with Gasteiger partial charge in [0.1, 0.15) is 5.15 Å². The summed E-state index contributed by atoms with van der Waals surface area (Å²) in [4.78, 5) is 7.59. The summed E-state index contributed by atoms with van der Waals surface area (Å²) in [7, 11) is 0. The minimum absolute atomic E-state index is 0.152. The van der Waals surface area contributed by atoms with Gasteiger partial charge in [0.15, 0.2) is 0 Å². The number of nitrogens with zero attached hydrogens (tertiary/aromatic N) is 2. The number of hydrogen-bond acceptors (Lipinski definition) is 2. The van der Waals surface area contributed by atoms with Crippen LogP contribution in [0.25, 0.3) is 6.08 Å². The number of hydrogen-bond donors (Lipinski definition) is 0. The molecule has 0 saturated heterocycles. The summed E-state index contributed by atoms with van der Waals surface area (Å²) in [5, 5.41) is 0.505. The maximum Gasteiger partial charge on any atom is 0.223 e.